The molecule has 39 heavy (non-hydrogen) atoms. The van der Waals surface area contributed by atoms with E-state index in [1.807, 2.05) is 32.9 Å². The van der Waals surface area contributed by atoms with E-state index in [0.29, 0.717) is 10.2 Å². The molecule has 0 atom stereocenters. The fourth-order valence-corrected chi connectivity index (χ4v) is 6.34. The lowest BCUT2D eigenvalue weighted by Crippen LogP contribution is -2.39. The number of hydrogen-bond donors (Lipinski definition) is 1. The number of aryl methyl sites for hydroxylation is 4. The first-order valence-corrected chi connectivity index (χ1v) is 14.6. The van der Waals surface area contributed by atoms with Crippen LogP contribution in [0.4, 0.5) is 5.69 Å². The van der Waals surface area contributed by atoms with Gasteiger partial charge in [-0.3, -0.25) is 9.10 Å². The first-order valence-electron chi connectivity index (χ1n) is 12.4. The smallest absolute Gasteiger partial charge is 0.264 e. The highest BCUT2D eigenvalue weighted by molar-refractivity contribution is 9.10. The molecule has 1 aromatic heterocycles. The van der Waals surface area contributed by atoms with Crippen molar-refractivity contribution in [2.24, 2.45) is 5.10 Å². The van der Waals surface area contributed by atoms with Crippen LogP contribution in [-0.4, -0.2) is 31.7 Å². The first kappa shape index (κ1) is 28.3. The number of carbonyl (C=O) groups excluding carboxylic acids is 1. The summed E-state index contributed by atoms with van der Waals surface area (Å²) in [4.78, 5) is 13.1. The number of rotatable bonds is 8. The molecule has 0 saturated heterocycles. The fourth-order valence-electron chi connectivity index (χ4n) is 4.54. The number of halogens is 1. The number of anilines is 1. The highest BCUT2D eigenvalue weighted by Crippen LogP contribution is 2.27. The van der Waals surface area contributed by atoms with E-state index in [9.17, 15) is 13.2 Å². The Balaban J connectivity index is 1.57. The lowest BCUT2D eigenvalue weighted by molar-refractivity contribution is -0.119. The van der Waals surface area contributed by atoms with E-state index >= 15 is 0 Å². The molecule has 0 unspecified atom stereocenters. The lowest BCUT2D eigenvalue weighted by Gasteiger charge is -2.24. The van der Waals surface area contributed by atoms with Crippen LogP contribution in [0.5, 0.6) is 0 Å². The van der Waals surface area contributed by atoms with Gasteiger partial charge >= 0.3 is 0 Å². The van der Waals surface area contributed by atoms with E-state index in [1.165, 1.54) is 12.1 Å². The van der Waals surface area contributed by atoms with Crippen molar-refractivity contribution >= 4 is 43.8 Å². The molecule has 1 heterocycles. The monoisotopic (exact) mass is 606 g/mol. The van der Waals surface area contributed by atoms with Crippen molar-refractivity contribution in [3.63, 3.8) is 0 Å². The fraction of sp³-hybridized carbons (Fsp3) is 0.200. The minimum Gasteiger partial charge on any atom is -0.317 e. The average molecular weight is 608 g/mol. The molecule has 0 saturated carbocycles. The molecular weight excluding hydrogens is 576 g/mol. The lowest BCUT2D eigenvalue weighted by atomic mass is 10.1. The van der Waals surface area contributed by atoms with Crippen molar-refractivity contribution in [2.45, 2.75) is 39.5 Å². The molecule has 0 aliphatic rings. The largest absolute Gasteiger partial charge is 0.317 e. The molecule has 202 valence electrons. The minimum absolute atomic E-state index is 0.100. The number of sulfonamides is 1. The minimum atomic E-state index is -4.01. The molecule has 0 aliphatic carbocycles. The van der Waals surface area contributed by atoms with E-state index in [2.05, 4.69) is 57.0 Å². The Morgan fingerprint density at radius 1 is 0.949 bits per heavy atom. The summed E-state index contributed by atoms with van der Waals surface area (Å²) in [6.45, 7) is 9.64. The number of hydrazone groups is 1. The van der Waals surface area contributed by atoms with Gasteiger partial charge in [0, 0.05) is 21.4 Å². The van der Waals surface area contributed by atoms with Crippen LogP contribution in [0.3, 0.4) is 0 Å². The predicted molar refractivity (Wildman–Crippen MR) is 160 cm³/mol. The molecule has 0 bridgehead atoms. The van der Waals surface area contributed by atoms with E-state index in [1.54, 1.807) is 42.6 Å². The topological polar surface area (TPSA) is 83.8 Å². The zero-order valence-corrected chi connectivity index (χ0v) is 25.0. The van der Waals surface area contributed by atoms with Crippen LogP contribution < -0.4 is 9.73 Å². The van der Waals surface area contributed by atoms with Crippen LogP contribution >= 0.6 is 15.9 Å². The summed E-state index contributed by atoms with van der Waals surface area (Å²) in [6.07, 6.45) is 1.59. The van der Waals surface area contributed by atoms with Crippen molar-refractivity contribution in [2.75, 3.05) is 10.8 Å². The molecule has 9 heteroatoms. The Labute approximate surface area is 238 Å². The van der Waals surface area contributed by atoms with E-state index < -0.39 is 22.5 Å². The Bertz CT molecular complexity index is 1640. The average Bonchev–Trinajstić information content (AvgIpc) is 3.15. The summed E-state index contributed by atoms with van der Waals surface area (Å²) in [6, 6.07) is 21.6. The van der Waals surface area contributed by atoms with Gasteiger partial charge in [0.1, 0.15) is 6.54 Å². The number of para-hydroxylation sites is 1. The van der Waals surface area contributed by atoms with Crippen molar-refractivity contribution in [1.29, 1.82) is 0 Å². The summed E-state index contributed by atoms with van der Waals surface area (Å²) < 4.78 is 31.1. The van der Waals surface area contributed by atoms with Crippen LogP contribution in [0.2, 0.25) is 0 Å². The van der Waals surface area contributed by atoms with Crippen molar-refractivity contribution < 1.29 is 13.2 Å². The molecular formula is C30H31BrN4O3S. The molecule has 0 fully saturated rings. The molecule has 0 aliphatic heterocycles. The van der Waals surface area contributed by atoms with Gasteiger partial charge in [-0.1, -0.05) is 57.9 Å². The highest BCUT2D eigenvalue weighted by atomic mass is 79.9. The Hall–Kier alpha value is -3.69. The molecule has 0 radical (unpaired) electrons. The summed E-state index contributed by atoms with van der Waals surface area (Å²) >= 11 is 3.39. The number of carbonyl (C=O) groups is 1. The zero-order chi connectivity index (χ0) is 28.3. The third-order valence-electron chi connectivity index (χ3n) is 6.52. The maximum Gasteiger partial charge on any atom is 0.264 e. The number of benzene rings is 3. The second-order valence-electron chi connectivity index (χ2n) is 9.50. The highest BCUT2D eigenvalue weighted by Gasteiger charge is 2.27. The summed E-state index contributed by atoms with van der Waals surface area (Å²) in [5, 5.41) is 4.16. The van der Waals surface area contributed by atoms with Gasteiger partial charge in [-0.2, -0.15) is 5.10 Å². The summed E-state index contributed by atoms with van der Waals surface area (Å²) in [7, 11) is -4.01. The molecule has 0 spiro atoms. The number of hydrogen-bond acceptors (Lipinski definition) is 4. The van der Waals surface area contributed by atoms with Crippen molar-refractivity contribution in [3.8, 4) is 5.69 Å². The van der Waals surface area contributed by atoms with E-state index in [4.69, 9.17) is 0 Å². The SMILES string of the molecule is Cc1ccc(S(=O)(=O)N(CC(=O)N/N=C\c2cc(C)n(-c3c(C)cccc3C)c2C)c2cccc(Br)c2)cc1. The number of amides is 1. The van der Waals surface area contributed by atoms with Crippen LogP contribution in [-0.2, 0) is 14.8 Å². The normalized spacial score (nSPS) is 11.6. The molecule has 7 nitrogen and oxygen atoms in total. The van der Waals surface area contributed by atoms with Crippen LogP contribution in [0, 0.1) is 34.6 Å². The van der Waals surface area contributed by atoms with Crippen molar-refractivity contribution in [1.82, 2.24) is 9.99 Å². The number of nitrogens with one attached hydrogen (secondary N) is 1. The second kappa shape index (κ2) is 11.6. The van der Waals surface area contributed by atoms with E-state index in [0.717, 1.165) is 43.6 Å². The van der Waals surface area contributed by atoms with Gasteiger partial charge in [-0.05, 0) is 82.1 Å². The third kappa shape index (κ3) is 6.15. The maximum atomic E-state index is 13.6. The molecule has 1 N–H and O–H groups in total. The quantitative estimate of drug-likeness (QED) is 0.193. The van der Waals surface area contributed by atoms with Crippen LogP contribution in [0.25, 0.3) is 5.69 Å². The van der Waals surface area contributed by atoms with Gasteiger partial charge in [-0.25, -0.2) is 13.8 Å². The van der Waals surface area contributed by atoms with Gasteiger partial charge in [-0.15, -0.1) is 0 Å². The van der Waals surface area contributed by atoms with Gasteiger partial charge < -0.3 is 4.57 Å². The Morgan fingerprint density at radius 3 is 2.23 bits per heavy atom. The predicted octanol–water partition coefficient (Wildman–Crippen LogP) is 6.13. The second-order valence-corrected chi connectivity index (χ2v) is 12.3. The Kier molecular flexibility index (Phi) is 8.42. The Morgan fingerprint density at radius 2 is 1.59 bits per heavy atom. The number of nitrogens with zero attached hydrogens (tertiary/aromatic N) is 3. The summed E-state index contributed by atoms with van der Waals surface area (Å²) in [5.74, 6) is -0.564. The zero-order valence-electron chi connectivity index (χ0n) is 22.6. The maximum absolute atomic E-state index is 13.6. The number of aromatic nitrogens is 1. The van der Waals surface area contributed by atoms with Crippen LogP contribution in [0.15, 0.2) is 87.3 Å². The van der Waals surface area contributed by atoms with E-state index in [-0.39, 0.29) is 4.90 Å². The van der Waals surface area contributed by atoms with Gasteiger partial charge in [0.05, 0.1) is 22.5 Å². The molecule has 4 aromatic rings. The third-order valence-corrected chi connectivity index (χ3v) is 8.80. The first-order chi connectivity index (χ1) is 18.5. The summed E-state index contributed by atoms with van der Waals surface area (Å²) in [5.41, 5.74) is 10.1. The standard InChI is InChI=1S/C30H31BrN4O3S/c1-20-12-14-28(15-13-20)39(37,38)34(27-11-7-10-26(31)17-27)19-29(36)33-32-18-25-16-23(4)35(24(25)5)30-21(2)8-6-9-22(30)3/h6-18H,19H2,1-5H3,(H,33,36)/b32-18-. The molecule has 3 aromatic carbocycles. The van der Waals surface area contributed by atoms with Gasteiger partial charge in [0.25, 0.3) is 15.9 Å². The molecule has 4 rings (SSSR count). The molecule has 1 amide bonds. The van der Waals surface area contributed by atoms with Crippen molar-refractivity contribution in [3.05, 3.63) is 111 Å². The van der Waals surface area contributed by atoms with Gasteiger partial charge in [0.15, 0.2) is 0 Å². The van der Waals surface area contributed by atoms with Gasteiger partial charge in [0.2, 0.25) is 0 Å². The van der Waals surface area contributed by atoms with Crippen LogP contribution in [0.1, 0.15) is 33.6 Å².